The Labute approximate surface area is 147 Å². The van der Waals surface area contributed by atoms with E-state index in [9.17, 15) is 0 Å². The topological polar surface area (TPSA) is 56.8 Å². The van der Waals surface area contributed by atoms with E-state index in [0.717, 1.165) is 28.5 Å². The number of hydrogen-bond donors (Lipinski definition) is 2. The molecule has 5 nitrogen and oxygen atoms in total. The quantitative estimate of drug-likeness (QED) is 0.770. The smallest absolute Gasteiger partial charge is 0.148 e. The van der Waals surface area contributed by atoms with E-state index in [1.54, 1.807) is 0 Å². The molecular weight excluding hydrogens is 310 g/mol. The molecule has 2 aromatic heterocycles. The van der Waals surface area contributed by atoms with Gasteiger partial charge in [0.15, 0.2) is 0 Å². The zero-order valence-corrected chi connectivity index (χ0v) is 14.4. The van der Waals surface area contributed by atoms with Crippen LogP contribution in [-0.4, -0.2) is 45.3 Å². The molecule has 3 aliphatic heterocycles. The van der Waals surface area contributed by atoms with Gasteiger partial charge in [-0.25, -0.2) is 0 Å². The summed E-state index contributed by atoms with van der Waals surface area (Å²) in [6, 6.07) is 13.6. The number of anilines is 1. The first-order valence-electron chi connectivity index (χ1n) is 9.20. The second-order valence-corrected chi connectivity index (χ2v) is 7.37. The van der Waals surface area contributed by atoms with E-state index < -0.39 is 0 Å². The van der Waals surface area contributed by atoms with Crippen LogP contribution < -0.4 is 5.32 Å². The highest BCUT2D eigenvalue weighted by Crippen LogP contribution is 2.33. The van der Waals surface area contributed by atoms with E-state index in [4.69, 9.17) is 0 Å². The van der Waals surface area contributed by atoms with Gasteiger partial charge in [0.1, 0.15) is 5.82 Å². The second kappa shape index (κ2) is 5.85. The van der Waals surface area contributed by atoms with Crippen molar-refractivity contribution in [1.82, 2.24) is 20.1 Å². The summed E-state index contributed by atoms with van der Waals surface area (Å²) in [5.74, 6) is 1.65. The average molecular weight is 333 g/mol. The lowest BCUT2D eigenvalue weighted by Crippen LogP contribution is -2.59. The highest BCUT2D eigenvalue weighted by Gasteiger charge is 2.39. The molecule has 0 spiro atoms. The minimum absolute atomic E-state index is 0.485. The van der Waals surface area contributed by atoms with Gasteiger partial charge in [0.25, 0.3) is 0 Å². The molecule has 6 rings (SSSR count). The Bertz CT molecular complexity index is 874. The Morgan fingerprint density at radius 2 is 1.96 bits per heavy atom. The normalized spacial score (nSPS) is 28.4. The first-order valence-corrected chi connectivity index (χ1v) is 9.20. The monoisotopic (exact) mass is 333 g/mol. The molecule has 0 unspecified atom stereocenters. The van der Waals surface area contributed by atoms with Gasteiger partial charge in [0.2, 0.25) is 0 Å². The summed E-state index contributed by atoms with van der Waals surface area (Å²) in [5, 5.41) is 13.7. The van der Waals surface area contributed by atoms with Crippen LogP contribution in [0.15, 0.2) is 42.6 Å². The standard InChI is InChI=1S/C20H23N5/c1-13-20(14-7-10-25(13)11-8-14)22-19-5-4-18(23-24-19)15-2-3-17-16(12-15)6-9-21-17/h2-6,9,12-14,20-21H,7-8,10-11H2,1H3,(H,22,24)/t13-,20+/m1/s1. The Balaban J connectivity index is 1.36. The van der Waals surface area contributed by atoms with Crippen LogP contribution in [0.3, 0.4) is 0 Å². The van der Waals surface area contributed by atoms with Crippen molar-refractivity contribution in [3.63, 3.8) is 0 Å². The van der Waals surface area contributed by atoms with Crippen molar-refractivity contribution in [2.24, 2.45) is 5.92 Å². The van der Waals surface area contributed by atoms with Crippen molar-refractivity contribution >= 4 is 16.7 Å². The first-order chi connectivity index (χ1) is 12.3. The van der Waals surface area contributed by atoms with Gasteiger partial charge in [0.05, 0.1) is 5.69 Å². The Hall–Kier alpha value is -2.40. The molecule has 0 aliphatic carbocycles. The van der Waals surface area contributed by atoms with E-state index in [2.05, 4.69) is 68.7 Å². The summed E-state index contributed by atoms with van der Waals surface area (Å²) >= 11 is 0. The SMILES string of the molecule is C[C@@H]1[C@H](Nc2ccc(-c3ccc4[nH]ccc4c3)nn2)C2CCN1CC2. The van der Waals surface area contributed by atoms with E-state index in [-0.39, 0.29) is 0 Å². The third-order valence-electron chi connectivity index (χ3n) is 6.01. The molecule has 3 saturated heterocycles. The highest BCUT2D eigenvalue weighted by molar-refractivity contribution is 5.84. The Morgan fingerprint density at radius 1 is 1.08 bits per heavy atom. The second-order valence-electron chi connectivity index (χ2n) is 7.37. The van der Waals surface area contributed by atoms with Crippen molar-refractivity contribution in [1.29, 1.82) is 0 Å². The van der Waals surface area contributed by atoms with Crippen LogP contribution in [0.2, 0.25) is 0 Å². The van der Waals surface area contributed by atoms with Crippen molar-refractivity contribution in [3.05, 3.63) is 42.6 Å². The third kappa shape index (κ3) is 2.59. The summed E-state index contributed by atoms with van der Waals surface area (Å²) in [5.41, 5.74) is 3.16. The van der Waals surface area contributed by atoms with E-state index in [1.165, 1.54) is 31.3 Å². The summed E-state index contributed by atoms with van der Waals surface area (Å²) in [7, 11) is 0. The van der Waals surface area contributed by atoms with Gasteiger partial charge in [-0.2, -0.15) is 0 Å². The molecule has 3 fully saturated rings. The molecule has 5 heteroatoms. The minimum Gasteiger partial charge on any atom is -0.364 e. The number of piperidine rings is 3. The molecule has 0 amide bonds. The molecule has 128 valence electrons. The minimum atomic E-state index is 0.485. The summed E-state index contributed by atoms with van der Waals surface area (Å²) < 4.78 is 0. The van der Waals surface area contributed by atoms with E-state index >= 15 is 0 Å². The van der Waals surface area contributed by atoms with Crippen molar-refractivity contribution in [2.45, 2.75) is 31.8 Å². The number of nitrogens with one attached hydrogen (secondary N) is 2. The van der Waals surface area contributed by atoms with Crippen LogP contribution in [0.25, 0.3) is 22.2 Å². The van der Waals surface area contributed by atoms with Crippen LogP contribution in [0.4, 0.5) is 5.82 Å². The lowest BCUT2D eigenvalue weighted by atomic mass is 9.79. The van der Waals surface area contributed by atoms with Crippen LogP contribution in [-0.2, 0) is 0 Å². The predicted octanol–water partition coefficient (Wildman–Crippen LogP) is 3.52. The Kier molecular flexibility index (Phi) is 3.48. The van der Waals surface area contributed by atoms with Gasteiger partial charge in [-0.1, -0.05) is 6.07 Å². The Morgan fingerprint density at radius 3 is 2.72 bits per heavy atom. The van der Waals surface area contributed by atoms with Crippen LogP contribution >= 0.6 is 0 Å². The van der Waals surface area contributed by atoms with Gasteiger partial charge in [-0.3, -0.25) is 4.90 Å². The fraction of sp³-hybridized carbons (Fsp3) is 0.400. The van der Waals surface area contributed by atoms with Crippen LogP contribution in [0.1, 0.15) is 19.8 Å². The molecular formula is C20H23N5. The van der Waals surface area contributed by atoms with Crippen LogP contribution in [0, 0.1) is 5.92 Å². The number of rotatable bonds is 3. The van der Waals surface area contributed by atoms with E-state index in [1.807, 2.05) is 6.20 Å². The molecule has 25 heavy (non-hydrogen) atoms. The largest absolute Gasteiger partial charge is 0.364 e. The summed E-state index contributed by atoms with van der Waals surface area (Å²) in [4.78, 5) is 5.81. The number of benzene rings is 1. The fourth-order valence-corrected chi connectivity index (χ4v) is 4.49. The molecule has 3 aromatic rings. The maximum absolute atomic E-state index is 4.46. The lowest BCUT2D eigenvalue weighted by Gasteiger charge is -2.50. The van der Waals surface area contributed by atoms with E-state index in [0.29, 0.717) is 12.1 Å². The van der Waals surface area contributed by atoms with Crippen molar-refractivity contribution in [3.8, 4) is 11.3 Å². The number of hydrogen-bond acceptors (Lipinski definition) is 4. The zero-order chi connectivity index (χ0) is 16.8. The highest BCUT2D eigenvalue weighted by atomic mass is 15.2. The van der Waals surface area contributed by atoms with Crippen molar-refractivity contribution < 1.29 is 0 Å². The van der Waals surface area contributed by atoms with Gasteiger partial charge < -0.3 is 10.3 Å². The first kappa shape index (κ1) is 14.9. The number of aromatic amines is 1. The van der Waals surface area contributed by atoms with Gasteiger partial charge in [-0.15, -0.1) is 10.2 Å². The molecule has 5 heterocycles. The summed E-state index contributed by atoms with van der Waals surface area (Å²) in [6.07, 6.45) is 4.55. The zero-order valence-electron chi connectivity index (χ0n) is 14.4. The van der Waals surface area contributed by atoms with Crippen LogP contribution in [0.5, 0.6) is 0 Å². The van der Waals surface area contributed by atoms with Gasteiger partial charge in [0, 0.05) is 34.7 Å². The molecule has 0 saturated carbocycles. The molecule has 2 bridgehead atoms. The van der Waals surface area contributed by atoms with Gasteiger partial charge in [-0.05, 0) is 69.1 Å². The van der Waals surface area contributed by atoms with Crippen molar-refractivity contribution in [2.75, 3.05) is 18.4 Å². The molecule has 2 atom stereocenters. The molecule has 1 aromatic carbocycles. The van der Waals surface area contributed by atoms with Gasteiger partial charge >= 0.3 is 0 Å². The maximum atomic E-state index is 4.46. The number of nitrogens with zero attached hydrogens (tertiary/aromatic N) is 3. The summed E-state index contributed by atoms with van der Waals surface area (Å²) in [6.45, 7) is 4.82. The molecule has 0 radical (unpaired) electrons. The molecule has 3 aliphatic rings. The average Bonchev–Trinajstić information content (AvgIpc) is 3.13. The maximum Gasteiger partial charge on any atom is 0.148 e. The lowest BCUT2D eigenvalue weighted by molar-refractivity contribution is 0.0457. The number of fused-ring (bicyclic) bond motifs is 4. The number of aromatic nitrogens is 3. The predicted molar refractivity (Wildman–Crippen MR) is 100 cm³/mol. The third-order valence-corrected chi connectivity index (χ3v) is 6.01. The number of H-pyrrole nitrogens is 1. The molecule has 2 N–H and O–H groups in total. The fourth-order valence-electron chi connectivity index (χ4n) is 4.49.